The van der Waals surface area contributed by atoms with Crippen molar-refractivity contribution in [3.8, 4) is 0 Å². The van der Waals surface area contributed by atoms with Crippen LogP contribution in [-0.4, -0.2) is 21.3 Å². The highest BCUT2D eigenvalue weighted by Gasteiger charge is 2.10. The lowest BCUT2D eigenvalue weighted by Gasteiger charge is -2.09. The molecule has 0 radical (unpaired) electrons. The summed E-state index contributed by atoms with van der Waals surface area (Å²) in [5.74, 6) is -0.469. The normalized spacial score (nSPS) is 10.5. The molecule has 1 heterocycles. The van der Waals surface area contributed by atoms with E-state index in [1.54, 1.807) is 18.3 Å². The number of anilines is 2. The van der Waals surface area contributed by atoms with Crippen molar-refractivity contribution in [1.29, 1.82) is 0 Å². The molecular weight excluding hydrogens is 290 g/mol. The number of hydrogen-bond acceptors (Lipinski definition) is 4. The fourth-order valence-electron chi connectivity index (χ4n) is 2.02. The first-order valence-electron chi connectivity index (χ1n) is 6.15. The second kappa shape index (κ2) is 5.38. The van der Waals surface area contributed by atoms with Crippen molar-refractivity contribution in [2.75, 3.05) is 5.32 Å². The third kappa shape index (κ3) is 2.64. The number of nitrogens with zero attached hydrogens (tertiary/aromatic N) is 2. The summed E-state index contributed by atoms with van der Waals surface area (Å²) >= 11 is 5.95. The Hall–Kier alpha value is -2.66. The second-order valence-electron chi connectivity index (χ2n) is 4.41. The molecule has 2 aromatic carbocycles. The summed E-state index contributed by atoms with van der Waals surface area (Å²) in [4.78, 5) is 10.9. The molecule has 0 fully saturated rings. The Morgan fingerprint density at radius 1 is 1.19 bits per heavy atom. The number of fused-ring (bicyclic) bond motifs is 1. The van der Waals surface area contributed by atoms with Gasteiger partial charge in [-0.1, -0.05) is 35.9 Å². The topological polar surface area (TPSA) is 75.1 Å². The Morgan fingerprint density at radius 2 is 2.00 bits per heavy atom. The van der Waals surface area contributed by atoms with Gasteiger partial charge in [-0.25, -0.2) is 4.79 Å². The lowest BCUT2D eigenvalue weighted by Crippen LogP contribution is -2.00. The molecule has 0 saturated carbocycles. The Morgan fingerprint density at radius 3 is 2.76 bits per heavy atom. The van der Waals surface area contributed by atoms with Crippen LogP contribution in [0.3, 0.4) is 0 Å². The third-order valence-electron chi connectivity index (χ3n) is 3.03. The van der Waals surface area contributed by atoms with Gasteiger partial charge in [-0.15, -0.1) is 5.10 Å². The third-order valence-corrected chi connectivity index (χ3v) is 3.35. The predicted molar refractivity (Wildman–Crippen MR) is 81.2 cm³/mol. The molecule has 0 spiro atoms. The smallest absolute Gasteiger partial charge is 0.337 e. The zero-order valence-corrected chi connectivity index (χ0v) is 11.5. The van der Waals surface area contributed by atoms with E-state index in [4.69, 9.17) is 16.7 Å². The second-order valence-corrected chi connectivity index (χ2v) is 4.81. The van der Waals surface area contributed by atoms with E-state index in [1.165, 1.54) is 6.07 Å². The molecule has 0 amide bonds. The number of carboxylic acids is 1. The van der Waals surface area contributed by atoms with Crippen molar-refractivity contribution in [2.24, 2.45) is 0 Å². The van der Waals surface area contributed by atoms with Gasteiger partial charge in [0.05, 0.1) is 16.8 Å². The fraction of sp³-hybridized carbons (Fsp3) is 0. The van der Waals surface area contributed by atoms with Gasteiger partial charge in [0.25, 0.3) is 0 Å². The average Bonchev–Trinajstić information content (AvgIpc) is 2.47. The minimum Gasteiger partial charge on any atom is -0.478 e. The number of carbonyl (C=O) groups is 1. The van der Waals surface area contributed by atoms with Crippen LogP contribution in [0.1, 0.15) is 10.4 Å². The Bertz CT molecular complexity index is 831. The number of rotatable bonds is 3. The van der Waals surface area contributed by atoms with Gasteiger partial charge in [-0.3, -0.25) is 0 Å². The summed E-state index contributed by atoms with van der Waals surface area (Å²) in [5.41, 5.74) is 0.710. The molecule has 2 N–H and O–H groups in total. The van der Waals surface area contributed by atoms with Crippen LogP contribution in [0.2, 0.25) is 5.02 Å². The van der Waals surface area contributed by atoms with Crippen LogP contribution >= 0.6 is 11.6 Å². The Labute approximate surface area is 125 Å². The monoisotopic (exact) mass is 299 g/mol. The highest BCUT2D eigenvalue weighted by molar-refractivity contribution is 6.33. The number of benzene rings is 2. The maximum Gasteiger partial charge on any atom is 0.337 e. The SMILES string of the molecule is O=C(O)c1ccc(Nc2nncc3ccccc23)cc1Cl. The molecule has 5 nitrogen and oxygen atoms in total. The predicted octanol–water partition coefficient (Wildman–Crippen LogP) is 3.73. The van der Waals surface area contributed by atoms with Gasteiger partial charge in [0, 0.05) is 16.5 Å². The summed E-state index contributed by atoms with van der Waals surface area (Å²) < 4.78 is 0. The minimum atomic E-state index is -1.06. The van der Waals surface area contributed by atoms with Gasteiger partial charge in [0.15, 0.2) is 5.82 Å². The van der Waals surface area contributed by atoms with Crippen molar-refractivity contribution in [2.45, 2.75) is 0 Å². The average molecular weight is 300 g/mol. The van der Waals surface area contributed by atoms with Gasteiger partial charge in [-0.05, 0) is 18.2 Å². The van der Waals surface area contributed by atoms with E-state index in [0.717, 1.165) is 10.8 Å². The number of aromatic carboxylic acids is 1. The zero-order chi connectivity index (χ0) is 14.8. The highest BCUT2D eigenvalue weighted by atomic mass is 35.5. The van der Waals surface area contributed by atoms with E-state index in [2.05, 4.69) is 15.5 Å². The van der Waals surface area contributed by atoms with Gasteiger partial charge < -0.3 is 10.4 Å². The van der Waals surface area contributed by atoms with Crippen molar-refractivity contribution in [1.82, 2.24) is 10.2 Å². The van der Waals surface area contributed by atoms with Crippen LogP contribution in [0, 0.1) is 0 Å². The molecule has 1 aromatic heterocycles. The molecule has 0 aliphatic carbocycles. The molecule has 0 aliphatic rings. The molecule has 3 rings (SSSR count). The van der Waals surface area contributed by atoms with Crippen molar-refractivity contribution in [3.63, 3.8) is 0 Å². The Kier molecular flexibility index (Phi) is 3.41. The van der Waals surface area contributed by atoms with E-state index < -0.39 is 5.97 Å². The number of nitrogens with one attached hydrogen (secondary N) is 1. The lowest BCUT2D eigenvalue weighted by molar-refractivity contribution is 0.0697. The molecule has 0 unspecified atom stereocenters. The van der Waals surface area contributed by atoms with E-state index in [-0.39, 0.29) is 10.6 Å². The van der Waals surface area contributed by atoms with E-state index in [0.29, 0.717) is 11.5 Å². The first-order chi connectivity index (χ1) is 10.1. The van der Waals surface area contributed by atoms with Gasteiger partial charge in [0.2, 0.25) is 0 Å². The summed E-state index contributed by atoms with van der Waals surface area (Å²) in [6.07, 6.45) is 1.68. The van der Waals surface area contributed by atoms with E-state index in [1.807, 2.05) is 24.3 Å². The summed E-state index contributed by atoms with van der Waals surface area (Å²) in [6, 6.07) is 12.3. The minimum absolute atomic E-state index is 0.0613. The largest absolute Gasteiger partial charge is 0.478 e. The van der Waals surface area contributed by atoms with E-state index >= 15 is 0 Å². The zero-order valence-electron chi connectivity index (χ0n) is 10.7. The number of hydrogen-bond donors (Lipinski definition) is 2. The summed E-state index contributed by atoms with van der Waals surface area (Å²) in [7, 11) is 0. The van der Waals surface area contributed by atoms with Crippen molar-refractivity contribution >= 4 is 39.8 Å². The van der Waals surface area contributed by atoms with E-state index in [9.17, 15) is 4.79 Å². The molecule has 0 saturated heterocycles. The summed E-state index contributed by atoms with van der Waals surface area (Å²) in [6.45, 7) is 0. The molecule has 21 heavy (non-hydrogen) atoms. The van der Waals surface area contributed by atoms with Crippen LogP contribution in [0.15, 0.2) is 48.7 Å². The number of carboxylic acid groups (broad SMARTS) is 1. The van der Waals surface area contributed by atoms with Crippen LogP contribution in [0.4, 0.5) is 11.5 Å². The standard InChI is InChI=1S/C15H10ClN3O2/c16-13-7-10(5-6-12(13)15(20)21)18-14-11-4-2-1-3-9(11)8-17-19-14/h1-8H,(H,18,19)(H,20,21). The maximum absolute atomic E-state index is 10.9. The summed E-state index contributed by atoms with van der Waals surface area (Å²) in [5, 5.41) is 22.1. The lowest BCUT2D eigenvalue weighted by atomic mass is 10.1. The molecular formula is C15H10ClN3O2. The fourth-order valence-corrected chi connectivity index (χ4v) is 2.28. The first-order valence-corrected chi connectivity index (χ1v) is 6.53. The molecule has 0 atom stereocenters. The molecule has 0 bridgehead atoms. The van der Waals surface area contributed by atoms with Crippen molar-refractivity contribution < 1.29 is 9.90 Å². The van der Waals surface area contributed by atoms with Crippen molar-refractivity contribution in [3.05, 3.63) is 59.2 Å². The van der Waals surface area contributed by atoms with Crippen LogP contribution in [0.5, 0.6) is 0 Å². The molecule has 6 heteroatoms. The van der Waals surface area contributed by atoms with Crippen LogP contribution in [0.25, 0.3) is 10.8 Å². The number of aromatic nitrogens is 2. The quantitative estimate of drug-likeness (QED) is 0.771. The van der Waals surface area contributed by atoms with Gasteiger partial charge >= 0.3 is 5.97 Å². The Balaban J connectivity index is 1.99. The van der Waals surface area contributed by atoms with Gasteiger partial charge in [-0.2, -0.15) is 5.10 Å². The molecule has 104 valence electrons. The van der Waals surface area contributed by atoms with Gasteiger partial charge in [0.1, 0.15) is 0 Å². The maximum atomic E-state index is 10.9. The highest BCUT2D eigenvalue weighted by Crippen LogP contribution is 2.26. The first kappa shape index (κ1) is 13.3. The van der Waals surface area contributed by atoms with Crippen LogP contribution < -0.4 is 5.32 Å². The molecule has 0 aliphatic heterocycles. The van der Waals surface area contributed by atoms with Crippen LogP contribution in [-0.2, 0) is 0 Å². The number of halogens is 1. The molecule has 3 aromatic rings.